The first-order chi connectivity index (χ1) is 16.4. The van der Waals surface area contributed by atoms with Gasteiger partial charge in [-0.15, -0.1) is 11.3 Å². The Labute approximate surface area is 199 Å². The van der Waals surface area contributed by atoms with Gasteiger partial charge in [-0.1, -0.05) is 0 Å². The molecule has 0 atom stereocenters. The Balaban J connectivity index is 1.27. The lowest BCUT2D eigenvalue weighted by Gasteiger charge is -2.34. The Morgan fingerprint density at radius 2 is 1.97 bits per heavy atom. The van der Waals surface area contributed by atoms with Crippen molar-refractivity contribution in [3.05, 3.63) is 60.5 Å². The van der Waals surface area contributed by atoms with Crippen LogP contribution in [0.5, 0.6) is 5.75 Å². The van der Waals surface area contributed by atoms with Crippen molar-refractivity contribution in [2.45, 2.75) is 32.2 Å². The van der Waals surface area contributed by atoms with E-state index in [9.17, 15) is 19.7 Å². The Morgan fingerprint density at radius 1 is 1.21 bits per heavy atom. The van der Waals surface area contributed by atoms with E-state index in [0.29, 0.717) is 38.5 Å². The zero-order valence-corrected chi connectivity index (χ0v) is 19.7. The van der Waals surface area contributed by atoms with Crippen LogP contribution >= 0.6 is 11.3 Å². The third-order valence-corrected chi connectivity index (χ3v) is 7.68. The fourth-order valence-corrected chi connectivity index (χ4v) is 6.00. The number of H-pyrrole nitrogens is 1. The van der Waals surface area contributed by atoms with Gasteiger partial charge in [0.15, 0.2) is 0 Å². The number of fused-ring (bicyclic) bond motifs is 3. The zero-order valence-electron chi connectivity index (χ0n) is 18.8. The highest BCUT2D eigenvalue weighted by Gasteiger charge is 2.25. The summed E-state index contributed by atoms with van der Waals surface area (Å²) in [5, 5.41) is 11.9. The average molecular weight is 484 g/mol. The summed E-state index contributed by atoms with van der Waals surface area (Å²) in [6, 6.07) is 4.09. The fourth-order valence-electron chi connectivity index (χ4n) is 4.72. The molecule has 11 heteroatoms. The molecule has 0 radical (unpaired) electrons. The van der Waals surface area contributed by atoms with E-state index in [1.807, 2.05) is 0 Å². The number of aryl methyl sites for hydroxylation is 2. The van der Waals surface area contributed by atoms with E-state index < -0.39 is 4.92 Å². The molecule has 1 aromatic carbocycles. The first-order valence-corrected chi connectivity index (χ1v) is 12.1. The standard InChI is InChI=1S/C23H25N5O5S/c1-33-16-11-14(10-15(12-16)28(31)32)23(30)27-8-6-26(7-9-27)13-19-24-21(29)20-17-4-2-3-5-18(17)34-22(20)25-19/h10-12H,2-9,13H2,1H3,(H,24,25,29). The van der Waals surface area contributed by atoms with Gasteiger partial charge in [-0.05, 0) is 37.3 Å². The molecule has 0 saturated carbocycles. The second-order valence-corrected chi connectivity index (χ2v) is 9.73. The molecule has 0 spiro atoms. The van der Waals surface area contributed by atoms with Gasteiger partial charge in [0.25, 0.3) is 17.2 Å². The fraction of sp³-hybridized carbons (Fsp3) is 0.435. The summed E-state index contributed by atoms with van der Waals surface area (Å²) in [6.07, 6.45) is 4.26. The number of rotatable bonds is 5. The molecule has 34 heavy (non-hydrogen) atoms. The maximum atomic E-state index is 13.0. The summed E-state index contributed by atoms with van der Waals surface area (Å²) in [5.41, 5.74) is 1.17. The zero-order chi connectivity index (χ0) is 23.8. The predicted octanol–water partition coefficient (Wildman–Crippen LogP) is 2.74. The molecule has 3 aromatic rings. The van der Waals surface area contributed by atoms with Gasteiger partial charge in [-0.2, -0.15) is 0 Å². The number of carbonyl (C=O) groups excluding carboxylic acids is 1. The van der Waals surface area contributed by atoms with E-state index in [-0.39, 0.29) is 28.5 Å². The van der Waals surface area contributed by atoms with E-state index in [1.165, 1.54) is 35.7 Å². The minimum absolute atomic E-state index is 0.0622. The number of non-ortho nitro benzene ring substituents is 1. The molecule has 3 heterocycles. The number of piperazine rings is 1. The predicted molar refractivity (Wildman–Crippen MR) is 128 cm³/mol. The van der Waals surface area contributed by atoms with Crippen molar-refractivity contribution >= 4 is 33.1 Å². The number of aromatic amines is 1. The highest BCUT2D eigenvalue weighted by Crippen LogP contribution is 2.33. The Hall–Kier alpha value is -3.31. The normalized spacial score (nSPS) is 16.4. The number of nitrogens with one attached hydrogen (secondary N) is 1. The molecule has 2 aromatic heterocycles. The molecular weight excluding hydrogens is 458 g/mol. The van der Waals surface area contributed by atoms with Crippen molar-refractivity contribution in [2.24, 2.45) is 0 Å². The molecule has 1 aliphatic carbocycles. The van der Waals surface area contributed by atoms with Crippen molar-refractivity contribution in [1.82, 2.24) is 19.8 Å². The van der Waals surface area contributed by atoms with Gasteiger partial charge in [-0.25, -0.2) is 4.98 Å². The maximum Gasteiger partial charge on any atom is 0.273 e. The van der Waals surface area contributed by atoms with Crippen molar-refractivity contribution in [3.63, 3.8) is 0 Å². The minimum atomic E-state index is -0.536. The Bertz CT molecular complexity index is 1330. The number of thiophene rings is 1. The number of nitro benzene ring substituents is 1. The average Bonchev–Trinajstić information content (AvgIpc) is 3.22. The Morgan fingerprint density at radius 3 is 2.71 bits per heavy atom. The minimum Gasteiger partial charge on any atom is -0.496 e. The van der Waals surface area contributed by atoms with Gasteiger partial charge in [0.05, 0.1) is 35.6 Å². The number of nitro groups is 1. The Kier molecular flexibility index (Phi) is 6.05. The molecule has 1 N–H and O–H groups in total. The largest absolute Gasteiger partial charge is 0.496 e. The van der Waals surface area contributed by atoms with Gasteiger partial charge >= 0.3 is 0 Å². The van der Waals surface area contributed by atoms with Gasteiger partial charge in [-0.3, -0.25) is 24.6 Å². The first kappa shape index (κ1) is 22.5. The summed E-state index contributed by atoms with van der Waals surface area (Å²) >= 11 is 1.64. The molecule has 0 unspecified atom stereocenters. The van der Waals surface area contributed by atoms with E-state index in [1.54, 1.807) is 16.2 Å². The number of hydrogen-bond acceptors (Lipinski definition) is 8. The molecule has 1 saturated heterocycles. The van der Waals surface area contributed by atoms with Crippen molar-refractivity contribution in [2.75, 3.05) is 33.3 Å². The number of methoxy groups -OCH3 is 1. The molecule has 1 fully saturated rings. The summed E-state index contributed by atoms with van der Waals surface area (Å²) in [5.74, 6) is 0.648. The highest BCUT2D eigenvalue weighted by atomic mass is 32.1. The number of benzene rings is 1. The number of nitrogens with zero attached hydrogens (tertiary/aromatic N) is 4. The van der Waals surface area contributed by atoms with Crippen LogP contribution in [0.25, 0.3) is 10.2 Å². The van der Waals surface area contributed by atoms with Crippen LogP contribution in [-0.4, -0.2) is 63.9 Å². The van der Waals surface area contributed by atoms with Crippen LogP contribution in [0.2, 0.25) is 0 Å². The number of carbonyl (C=O) groups is 1. The summed E-state index contributed by atoms with van der Waals surface area (Å²) in [6.45, 7) is 2.68. The molecule has 1 aliphatic heterocycles. The van der Waals surface area contributed by atoms with Crippen LogP contribution in [0, 0.1) is 10.1 Å². The second-order valence-electron chi connectivity index (χ2n) is 8.65. The van der Waals surface area contributed by atoms with Crippen LogP contribution < -0.4 is 10.3 Å². The summed E-state index contributed by atoms with van der Waals surface area (Å²) in [4.78, 5) is 50.0. The van der Waals surface area contributed by atoms with Crippen LogP contribution in [0.3, 0.4) is 0 Å². The maximum absolute atomic E-state index is 13.0. The van der Waals surface area contributed by atoms with Crippen LogP contribution in [0.4, 0.5) is 5.69 Å². The lowest BCUT2D eigenvalue weighted by Crippen LogP contribution is -2.48. The number of hydrogen-bond donors (Lipinski definition) is 1. The van der Waals surface area contributed by atoms with E-state index in [0.717, 1.165) is 35.9 Å². The SMILES string of the molecule is COc1cc(C(=O)N2CCN(Cc3nc4sc5c(c4c(=O)[nH]3)CCCC5)CC2)cc([N+](=O)[O-])c1. The topological polar surface area (TPSA) is 122 Å². The third-order valence-electron chi connectivity index (χ3n) is 6.49. The lowest BCUT2D eigenvalue weighted by molar-refractivity contribution is -0.385. The highest BCUT2D eigenvalue weighted by molar-refractivity contribution is 7.18. The van der Waals surface area contributed by atoms with Gasteiger partial charge in [0.2, 0.25) is 0 Å². The smallest absolute Gasteiger partial charge is 0.273 e. The van der Waals surface area contributed by atoms with E-state index in [2.05, 4.69) is 9.88 Å². The molecule has 2 aliphatic rings. The number of amides is 1. The van der Waals surface area contributed by atoms with E-state index >= 15 is 0 Å². The van der Waals surface area contributed by atoms with Gasteiger partial charge < -0.3 is 14.6 Å². The second kappa shape index (κ2) is 9.15. The number of aromatic nitrogens is 2. The molecule has 178 valence electrons. The van der Waals surface area contributed by atoms with Gasteiger partial charge in [0.1, 0.15) is 16.4 Å². The summed E-state index contributed by atoms with van der Waals surface area (Å²) in [7, 11) is 1.41. The van der Waals surface area contributed by atoms with Crippen LogP contribution in [-0.2, 0) is 19.4 Å². The van der Waals surface area contributed by atoms with E-state index in [4.69, 9.17) is 9.72 Å². The molecule has 10 nitrogen and oxygen atoms in total. The van der Waals surface area contributed by atoms with Crippen molar-refractivity contribution in [3.8, 4) is 5.75 Å². The molecular formula is C23H25N5O5S. The van der Waals surface area contributed by atoms with Crippen LogP contribution in [0.15, 0.2) is 23.0 Å². The molecule has 0 bridgehead atoms. The quantitative estimate of drug-likeness (QED) is 0.437. The summed E-state index contributed by atoms with van der Waals surface area (Å²) < 4.78 is 5.11. The first-order valence-electron chi connectivity index (χ1n) is 11.3. The molecule has 1 amide bonds. The van der Waals surface area contributed by atoms with Gasteiger partial charge in [0, 0.05) is 37.1 Å². The lowest BCUT2D eigenvalue weighted by atomic mass is 9.97. The molecule has 5 rings (SSSR count). The number of ether oxygens (including phenoxy) is 1. The van der Waals surface area contributed by atoms with Crippen molar-refractivity contribution < 1.29 is 14.5 Å². The van der Waals surface area contributed by atoms with Crippen LogP contribution in [0.1, 0.15) is 39.5 Å². The monoisotopic (exact) mass is 483 g/mol. The third kappa shape index (κ3) is 4.28. The van der Waals surface area contributed by atoms with Crippen molar-refractivity contribution in [1.29, 1.82) is 0 Å².